The second-order valence-electron chi connectivity index (χ2n) is 6.03. The van der Waals surface area contributed by atoms with Crippen LogP contribution in [0.2, 0.25) is 0 Å². The Kier molecular flexibility index (Phi) is 7.72. The first-order valence-electron chi connectivity index (χ1n) is 7.02. The number of ether oxygens (including phenoxy) is 2. The molecule has 0 spiro atoms. The molecular formula is C15H28O4. The Hall–Kier alpha value is -1.06. The summed E-state index contributed by atoms with van der Waals surface area (Å²) < 4.78 is 10.1. The number of esters is 2. The summed E-state index contributed by atoms with van der Waals surface area (Å²) in [4.78, 5) is 23.6. The molecule has 0 aromatic rings. The van der Waals surface area contributed by atoms with Crippen molar-refractivity contribution in [2.45, 2.75) is 65.9 Å². The van der Waals surface area contributed by atoms with Gasteiger partial charge in [0.25, 0.3) is 0 Å². The summed E-state index contributed by atoms with van der Waals surface area (Å²) in [5, 5.41) is 0. The summed E-state index contributed by atoms with van der Waals surface area (Å²) in [6, 6.07) is 0. The third-order valence-electron chi connectivity index (χ3n) is 2.89. The first-order chi connectivity index (χ1) is 8.71. The number of hydrogen-bond donors (Lipinski definition) is 0. The molecule has 0 rings (SSSR count). The van der Waals surface area contributed by atoms with Crippen molar-refractivity contribution in [2.24, 2.45) is 11.8 Å². The lowest BCUT2D eigenvalue weighted by Crippen LogP contribution is -2.30. The third kappa shape index (κ3) is 7.85. The molecule has 112 valence electrons. The van der Waals surface area contributed by atoms with Gasteiger partial charge in [0.05, 0.1) is 18.9 Å². The SMILES string of the molecule is CCCCC(CC(C)C(=O)OC)C(=O)OC(C)(C)C. The highest BCUT2D eigenvalue weighted by Crippen LogP contribution is 2.23. The predicted octanol–water partition coefficient (Wildman–Crippen LogP) is 3.33. The summed E-state index contributed by atoms with van der Waals surface area (Å²) in [5.74, 6) is -0.991. The first-order valence-corrected chi connectivity index (χ1v) is 7.02. The molecule has 0 fully saturated rings. The highest BCUT2D eigenvalue weighted by molar-refractivity contribution is 5.76. The van der Waals surface area contributed by atoms with Crippen molar-refractivity contribution in [3.63, 3.8) is 0 Å². The van der Waals surface area contributed by atoms with Crippen LogP contribution < -0.4 is 0 Å². The molecule has 0 saturated heterocycles. The van der Waals surface area contributed by atoms with Gasteiger partial charge in [-0.25, -0.2) is 0 Å². The van der Waals surface area contributed by atoms with Gasteiger partial charge in [-0.05, 0) is 33.6 Å². The van der Waals surface area contributed by atoms with Gasteiger partial charge in [-0.2, -0.15) is 0 Å². The average molecular weight is 272 g/mol. The molecule has 0 bridgehead atoms. The summed E-state index contributed by atoms with van der Waals surface area (Å²) in [7, 11) is 1.37. The molecule has 0 radical (unpaired) electrons. The van der Waals surface area contributed by atoms with Crippen molar-refractivity contribution in [1.82, 2.24) is 0 Å². The normalized spacial score (nSPS) is 14.6. The summed E-state index contributed by atoms with van der Waals surface area (Å²) in [6.07, 6.45) is 3.22. The minimum Gasteiger partial charge on any atom is -0.469 e. The van der Waals surface area contributed by atoms with E-state index in [1.165, 1.54) is 7.11 Å². The Balaban J connectivity index is 4.61. The van der Waals surface area contributed by atoms with E-state index in [9.17, 15) is 9.59 Å². The Bertz CT molecular complexity index is 291. The van der Waals surface area contributed by atoms with Crippen LogP contribution in [0.3, 0.4) is 0 Å². The van der Waals surface area contributed by atoms with Crippen LogP contribution in [0, 0.1) is 11.8 Å². The van der Waals surface area contributed by atoms with E-state index >= 15 is 0 Å². The number of carbonyl (C=O) groups is 2. The van der Waals surface area contributed by atoms with Crippen LogP contribution in [0.1, 0.15) is 60.3 Å². The fourth-order valence-electron chi connectivity index (χ4n) is 1.89. The zero-order valence-corrected chi connectivity index (χ0v) is 13.1. The van der Waals surface area contributed by atoms with Crippen molar-refractivity contribution in [3.8, 4) is 0 Å². The zero-order valence-electron chi connectivity index (χ0n) is 13.1. The van der Waals surface area contributed by atoms with E-state index in [1.807, 2.05) is 20.8 Å². The van der Waals surface area contributed by atoms with Crippen LogP contribution in [0.25, 0.3) is 0 Å². The summed E-state index contributed by atoms with van der Waals surface area (Å²) in [5.41, 5.74) is -0.490. The van der Waals surface area contributed by atoms with Gasteiger partial charge in [0.2, 0.25) is 0 Å². The van der Waals surface area contributed by atoms with E-state index in [0.717, 1.165) is 19.3 Å². The van der Waals surface area contributed by atoms with Crippen LogP contribution in [0.4, 0.5) is 0 Å². The monoisotopic (exact) mass is 272 g/mol. The highest BCUT2D eigenvalue weighted by atomic mass is 16.6. The van der Waals surface area contributed by atoms with E-state index in [4.69, 9.17) is 9.47 Å². The maximum Gasteiger partial charge on any atom is 0.309 e. The molecule has 0 N–H and O–H groups in total. The maximum atomic E-state index is 12.1. The molecule has 0 saturated carbocycles. The summed E-state index contributed by atoms with van der Waals surface area (Å²) >= 11 is 0. The minimum atomic E-state index is -0.490. The molecule has 0 aromatic carbocycles. The molecule has 4 heteroatoms. The van der Waals surface area contributed by atoms with Gasteiger partial charge in [0, 0.05) is 0 Å². The number of rotatable bonds is 7. The molecule has 0 aliphatic heterocycles. The molecule has 4 nitrogen and oxygen atoms in total. The third-order valence-corrected chi connectivity index (χ3v) is 2.89. The van der Waals surface area contributed by atoms with E-state index < -0.39 is 5.60 Å². The summed E-state index contributed by atoms with van der Waals surface area (Å²) in [6.45, 7) is 9.42. The van der Waals surface area contributed by atoms with Crippen LogP contribution in [-0.2, 0) is 19.1 Å². The van der Waals surface area contributed by atoms with E-state index in [-0.39, 0.29) is 23.8 Å². The first kappa shape index (κ1) is 17.9. The zero-order chi connectivity index (χ0) is 15.1. The standard InChI is InChI=1S/C15H28O4/c1-7-8-9-12(10-11(2)13(16)18-6)14(17)19-15(3,4)5/h11-12H,7-10H2,1-6H3. The molecular weight excluding hydrogens is 244 g/mol. The maximum absolute atomic E-state index is 12.1. The van der Waals surface area contributed by atoms with E-state index in [0.29, 0.717) is 6.42 Å². The Morgan fingerprint density at radius 2 is 1.74 bits per heavy atom. The smallest absolute Gasteiger partial charge is 0.309 e. The highest BCUT2D eigenvalue weighted by Gasteiger charge is 2.28. The Morgan fingerprint density at radius 3 is 2.16 bits per heavy atom. The van der Waals surface area contributed by atoms with E-state index in [1.54, 1.807) is 6.92 Å². The molecule has 0 aliphatic carbocycles. The van der Waals surface area contributed by atoms with Gasteiger partial charge >= 0.3 is 11.9 Å². The fraction of sp³-hybridized carbons (Fsp3) is 0.867. The van der Waals surface area contributed by atoms with Gasteiger partial charge in [-0.3, -0.25) is 9.59 Å². The Morgan fingerprint density at radius 1 is 1.16 bits per heavy atom. The topological polar surface area (TPSA) is 52.6 Å². The van der Waals surface area contributed by atoms with Gasteiger partial charge in [-0.15, -0.1) is 0 Å². The molecule has 2 atom stereocenters. The van der Waals surface area contributed by atoms with Gasteiger partial charge < -0.3 is 9.47 Å². The second-order valence-corrected chi connectivity index (χ2v) is 6.03. The number of unbranched alkanes of at least 4 members (excludes halogenated alkanes) is 1. The second kappa shape index (κ2) is 8.18. The quantitative estimate of drug-likeness (QED) is 0.667. The molecule has 19 heavy (non-hydrogen) atoms. The van der Waals surface area contributed by atoms with Crippen LogP contribution in [0.15, 0.2) is 0 Å². The van der Waals surface area contributed by atoms with E-state index in [2.05, 4.69) is 6.92 Å². The van der Waals surface area contributed by atoms with Crippen molar-refractivity contribution in [3.05, 3.63) is 0 Å². The van der Waals surface area contributed by atoms with Crippen LogP contribution in [0.5, 0.6) is 0 Å². The number of carbonyl (C=O) groups excluding carboxylic acids is 2. The number of hydrogen-bond acceptors (Lipinski definition) is 4. The lowest BCUT2D eigenvalue weighted by molar-refractivity contribution is -0.161. The molecule has 0 aromatic heterocycles. The Labute approximate surface area is 116 Å². The molecule has 2 unspecified atom stereocenters. The van der Waals surface area contributed by atoms with Crippen LogP contribution >= 0.6 is 0 Å². The van der Waals surface area contributed by atoms with Gasteiger partial charge in [-0.1, -0.05) is 26.7 Å². The minimum absolute atomic E-state index is 0.211. The van der Waals surface area contributed by atoms with Gasteiger partial charge in [0.1, 0.15) is 5.60 Å². The van der Waals surface area contributed by atoms with Crippen molar-refractivity contribution < 1.29 is 19.1 Å². The average Bonchev–Trinajstić information content (AvgIpc) is 2.30. The largest absolute Gasteiger partial charge is 0.469 e. The molecule has 0 aliphatic rings. The molecule has 0 amide bonds. The van der Waals surface area contributed by atoms with Crippen molar-refractivity contribution >= 4 is 11.9 Å². The fourth-order valence-corrected chi connectivity index (χ4v) is 1.89. The van der Waals surface area contributed by atoms with Crippen molar-refractivity contribution in [1.29, 1.82) is 0 Å². The van der Waals surface area contributed by atoms with Gasteiger partial charge in [0.15, 0.2) is 0 Å². The van der Waals surface area contributed by atoms with Crippen molar-refractivity contribution in [2.75, 3.05) is 7.11 Å². The molecule has 0 heterocycles. The number of methoxy groups -OCH3 is 1. The lowest BCUT2D eigenvalue weighted by Gasteiger charge is -2.25. The predicted molar refractivity (Wildman–Crippen MR) is 74.7 cm³/mol. The van der Waals surface area contributed by atoms with Crippen LogP contribution in [-0.4, -0.2) is 24.6 Å². The lowest BCUT2D eigenvalue weighted by atomic mass is 9.91.